The van der Waals surface area contributed by atoms with Crippen molar-refractivity contribution in [2.45, 2.75) is 51.2 Å². The fraction of sp³-hybridized carbons (Fsp3) is 0.286. The van der Waals surface area contributed by atoms with E-state index >= 15 is 0 Å². The second-order valence-corrected chi connectivity index (χ2v) is 12.5. The third-order valence-corrected chi connectivity index (χ3v) is 8.55. The SMILES string of the molecule is Cc1ccc(S(=O)(=O)N(CC(=O)N(Cc2ccc(Cl)cc2Cl)[C@H](C)C(=O)NC(C)C)c2cccc(Cl)c2)cc1. The summed E-state index contributed by atoms with van der Waals surface area (Å²) in [6.45, 7) is 6.41. The van der Waals surface area contributed by atoms with E-state index in [1.807, 2.05) is 20.8 Å². The molecule has 3 aromatic rings. The number of carbonyl (C=O) groups is 2. The summed E-state index contributed by atoms with van der Waals surface area (Å²) < 4.78 is 28.6. The zero-order chi connectivity index (χ0) is 28.9. The molecule has 0 aromatic heterocycles. The van der Waals surface area contributed by atoms with Gasteiger partial charge in [-0.1, -0.05) is 64.6 Å². The number of carbonyl (C=O) groups excluding carboxylic acids is 2. The number of hydrogen-bond acceptors (Lipinski definition) is 4. The highest BCUT2D eigenvalue weighted by Crippen LogP contribution is 2.28. The van der Waals surface area contributed by atoms with Crippen molar-refractivity contribution in [1.29, 1.82) is 0 Å². The first-order valence-electron chi connectivity index (χ1n) is 12.2. The Bertz CT molecular complexity index is 1450. The van der Waals surface area contributed by atoms with E-state index in [4.69, 9.17) is 34.8 Å². The zero-order valence-corrected chi connectivity index (χ0v) is 25.1. The minimum absolute atomic E-state index is 0.0128. The first-order chi connectivity index (χ1) is 18.3. The zero-order valence-electron chi connectivity index (χ0n) is 22.0. The summed E-state index contributed by atoms with van der Waals surface area (Å²) in [6.07, 6.45) is 0. The van der Waals surface area contributed by atoms with Crippen LogP contribution in [0, 0.1) is 6.92 Å². The predicted octanol–water partition coefficient (Wildman–Crippen LogP) is 6.09. The molecule has 0 radical (unpaired) electrons. The van der Waals surface area contributed by atoms with Crippen LogP contribution in [0.25, 0.3) is 0 Å². The van der Waals surface area contributed by atoms with E-state index in [0.717, 1.165) is 9.87 Å². The van der Waals surface area contributed by atoms with Gasteiger partial charge in [0.25, 0.3) is 10.0 Å². The summed E-state index contributed by atoms with van der Waals surface area (Å²) in [7, 11) is -4.18. The van der Waals surface area contributed by atoms with Crippen molar-refractivity contribution in [2.24, 2.45) is 0 Å². The molecule has 39 heavy (non-hydrogen) atoms. The minimum Gasteiger partial charge on any atom is -0.352 e. The number of nitrogens with one attached hydrogen (secondary N) is 1. The maximum absolute atomic E-state index is 13.9. The third-order valence-electron chi connectivity index (χ3n) is 5.94. The second kappa shape index (κ2) is 13.0. The number of nitrogens with zero attached hydrogens (tertiary/aromatic N) is 2. The summed E-state index contributed by atoms with van der Waals surface area (Å²) in [5, 5.41) is 3.84. The fourth-order valence-electron chi connectivity index (χ4n) is 3.82. The van der Waals surface area contributed by atoms with Crippen molar-refractivity contribution in [2.75, 3.05) is 10.8 Å². The first-order valence-corrected chi connectivity index (χ1v) is 14.8. The Kier molecular flexibility index (Phi) is 10.3. The third kappa shape index (κ3) is 7.88. The molecule has 3 aromatic carbocycles. The van der Waals surface area contributed by atoms with Crippen molar-refractivity contribution in [1.82, 2.24) is 10.2 Å². The Balaban J connectivity index is 2.05. The van der Waals surface area contributed by atoms with Gasteiger partial charge in [0.15, 0.2) is 0 Å². The van der Waals surface area contributed by atoms with Gasteiger partial charge in [-0.15, -0.1) is 0 Å². The predicted molar refractivity (Wildman–Crippen MR) is 157 cm³/mol. The molecule has 1 atom stereocenters. The molecule has 0 bridgehead atoms. The van der Waals surface area contributed by atoms with Crippen molar-refractivity contribution >= 4 is 62.3 Å². The maximum atomic E-state index is 13.9. The van der Waals surface area contributed by atoms with Gasteiger partial charge in [0.05, 0.1) is 10.6 Å². The highest BCUT2D eigenvalue weighted by molar-refractivity contribution is 7.92. The van der Waals surface area contributed by atoms with Gasteiger partial charge in [0.2, 0.25) is 11.8 Å². The quantitative estimate of drug-likeness (QED) is 0.301. The number of amides is 2. The number of anilines is 1. The number of rotatable bonds is 10. The molecule has 3 rings (SSSR count). The van der Waals surface area contributed by atoms with Crippen LogP contribution >= 0.6 is 34.8 Å². The average molecular weight is 611 g/mol. The van der Waals surface area contributed by atoms with Crippen LogP contribution in [0.3, 0.4) is 0 Å². The molecular weight excluding hydrogens is 581 g/mol. The summed E-state index contributed by atoms with van der Waals surface area (Å²) in [5.74, 6) is -0.998. The molecular formula is C28H30Cl3N3O4S. The van der Waals surface area contributed by atoms with E-state index in [1.54, 1.807) is 55.5 Å². The Labute approximate surface area is 244 Å². The molecule has 208 valence electrons. The summed E-state index contributed by atoms with van der Waals surface area (Å²) in [5.41, 5.74) is 1.64. The van der Waals surface area contributed by atoms with Gasteiger partial charge in [0.1, 0.15) is 12.6 Å². The number of aryl methyl sites for hydroxylation is 1. The van der Waals surface area contributed by atoms with Crippen molar-refractivity contribution in [3.05, 3.63) is 92.9 Å². The lowest BCUT2D eigenvalue weighted by Gasteiger charge is -2.32. The highest BCUT2D eigenvalue weighted by Gasteiger charge is 2.33. The largest absolute Gasteiger partial charge is 0.352 e. The number of sulfonamides is 1. The lowest BCUT2D eigenvalue weighted by Crippen LogP contribution is -2.52. The Morgan fingerprint density at radius 3 is 2.13 bits per heavy atom. The van der Waals surface area contributed by atoms with E-state index in [1.165, 1.54) is 23.1 Å². The van der Waals surface area contributed by atoms with Gasteiger partial charge in [-0.05, 0) is 75.7 Å². The number of benzene rings is 3. The first kappa shape index (κ1) is 30.8. The minimum atomic E-state index is -4.18. The summed E-state index contributed by atoms with van der Waals surface area (Å²) in [4.78, 5) is 28.2. The van der Waals surface area contributed by atoms with Crippen molar-refractivity contribution in [3.8, 4) is 0 Å². The lowest BCUT2D eigenvalue weighted by atomic mass is 10.1. The number of halogens is 3. The van der Waals surface area contributed by atoms with Crippen LogP contribution in [-0.2, 0) is 26.2 Å². The van der Waals surface area contributed by atoms with Gasteiger partial charge in [0, 0.05) is 27.7 Å². The molecule has 0 aliphatic heterocycles. The molecule has 0 spiro atoms. The monoisotopic (exact) mass is 609 g/mol. The smallest absolute Gasteiger partial charge is 0.264 e. The maximum Gasteiger partial charge on any atom is 0.264 e. The molecule has 7 nitrogen and oxygen atoms in total. The van der Waals surface area contributed by atoms with Crippen LogP contribution in [0.5, 0.6) is 0 Å². The standard InChI is InChI=1S/C28H30Cl3N3O4S/c1-18(2)32-28(36)20(4)33(16-21-10-11-23(30)15-26(21)31)27(35)17-34(24-7-5-6-22(29)14-24)39(37,38)25-12-8-19(3)9-13-25/h5-15,18,20H,16-17H2,1-4H3,(H,32,36)/t20-/m1/s1. The van der Waals surface area contributed by atoms with E-state index < -0.39 is 28.5 Å². The number of hydrogen-bond donors (Lipinski definition) is 1. The molecule has 0 unspecified atom stereocenters. The normalized spacial score (nSPS) is 12.2. The van der Waals surface area contributed by atoms with Crippen LogP contribution in [0.15, 0.2) is 71.6 Å². The van der Waals surface area contributed by atoms with Gasteiger partial charge in [-0.2, -0.15) is 0 Å². The fourth-order valence-corrected chi connectivity index (χ4v) is 5.88. The highest BCUT2D eigenvalue weighted by atomic mass is 35.5. The Hall–Kier alpha value is -2.78. The molecule has 0 aliphatic rings. The van der Waals surface area contributed by atoms with Gasteiger partial charge in [-0.3, -0.25) is 13.9 Å². The molecule has 0 aliphatic carbocycles. The van der Waals surface area contributed by atoms with Crippen molar-refractivity contribution in [3.63, 3.8) is 0 Å². The van der Waals surface area contributed by atoms with E-state index in [-0.39, 0.29) is 29.1 Å². The van der Waals surface area contributed by atoms with Gasteiger partial charge >= 0.3 is 0 Å². The van der Waals surface area contributed by atoms with E-state index in [2.05, 4.69) is 5.32 Å². The Morgan fingerprint density at radius 1 is 0.897 bits per heavy atom. The molecule has 1 N–H and O–H groups in total. The topological polar surface area (TPSA) is 86.8 Å². The van der Waals surface area contributed by atoms with Crippen LogP contribution in [0.4, 0.5) is 5.69 Å². The molecule has 0 saturated carbocycles. The van der Waals surface area contributed by atoms with Gasteiger partial charge < -0.3 is 10.2 Å². The Morgan fingerprint density at radius 2 is 1.54 bits per heavy atom. The average Bonchev–Trinajstić information content (AvgIpc) is 2.86. The second-order valence-electron chi connectivity index (χ2n) is 9.40. The van der Waals surface area contributed by atoms with Crippen LogP contribution in [0.2, 0.25) is 15.1 Å². The molecule has 11 heteroatoms. The van der Waals surface area contributed by atoms with Crippen LogP contribution < -0.4 is 9.62 Å². The summed E-state index contributed by atoms with van der Waals surface area (Å²) in [6, 6.07) is 16.3. The molecule has 0 saturated heterocycles. The lowest BCUT2D eigenvalue weighted by molar-refractivity contribution is -0.139. The van der Waals surface area contributed by atoms with Crippen molar-refractivity contribution < 1.29 is 18.0 Å². The van der Waals surface area contributed by atoms with E-state index in [9.17, 15) is 18.0 Å². The van der Waals surface area contributed by atoms with E-state index in [0.29, 0.717) is 20.6 Å². The van der Waals surface area contributed by atoms with Gasteiger partial charge in [-0.25, -0.2) is 8.42 Å². The molecule has 0 heterocycles. The summed E-state index contributed by atoms with van der Waals surface area (Å²) >= 11 is 18.6. The van der Waals surface area contributed by atoms with Crippen LogP contribution in [-0.4, -0.2) is 43.8 Å². The molecule has 0 fully saturated rings. The molecule has 2 amide bonds. The van der Waals surface area contributed by atoms with Crippen LogP contribution in [0.1, 0.15) is 31.9 Å².